The molecule has 5 rings (SSSR count). The van der Waals surface area contributed by atoms with Gasteiger partial charge in [0.15, 0.2) is 17.3 Å². The van der Waals surface area contributed by atoms with Gasteiger partial charge in [0.2, 0.25) is 0 Å². The van der Waals surface area contributed by atoms with Crippen molar-refractivity contribution < 1.29 is 8.78 Å². The minimum atomic E-state index is -0.754. The fourth-order valence-electron chi connectivity index (χ4n) is 3.61. The zero-order valence-corrected chi connectivity index (χ0v) is 14.2. The molecule has 0 unspecified atom stereocenters. The van der Waals surface area contributed by atoms with Crippen LogP contribution in [0, 0.1) is 11.6 Å². The van der Waals surface area contributed by atoms with Gasteiger partial charge in [0, 0.05) is 25.2 Å². The van der Waals surface area contributed by atoms with E-state index in [9.17, 15) is 8.78 Å². The van der Waals surface area contributed by atoms with E-state index in [0.29, 0.717) is 42.9 Å². The molecule has 0 saturated carbocycles. The van der Waals surface area contributed by atoms with E-state index in [1.807, 2.05) is 0 Å². The van der Waals surface area contributed by atoms with Crippen LogP contribution in [0.15, 0.2) is 24.8 Å². The second-order valence-corrected chi connectivity index (χ2v) is 6.81. The monoisotopic (exact) mass is 370 g/mol. The number of halogens is 2. The molecule has 0 aliphatic carbocycles. The lowest BCUT2D eigenvalue weighted by molar-refractivity contribution is 0.326. The Bertz CT molecular complexity index is 1140. The lowest BCUT2D eigenvalue weighted by Crippen LogP contribution is -2.49. The summed E-state index contributed by atoms with van der Waals surface area (Å²) >= 11 is 0. The van der Waals surface area contributed by atoms with E-state index in [-0.39, 0.29) is 11.0 Å². The van der Waals surface area contributed by atoms with Crippen LogP contribution in [0.25, 0.3) is 22.2 Å². The molecule has 4 N–H and O–H groups in total. The molecule has 1 saturated heterocycles. The molecule has 4 aromatic rings. The van der Waals surface area contributed by atoms with Crippen LogP contribution in [0.5, 0.6) is 0 Å². The Kier molecular flexibility index (Phi) is 3.38. The van der Waals surface area contributed by atoms with Crippen molar-refractivity contribution in [1.82, 2.24) is 29.9 Å². The summed E-state index contributed by atoms with van der Waals surface area (Å²) in [5.74, 6) is -0.118. The van der Waals surface area contributed by atoms with E-state index in [2.05, 4.69) is 34.8 Å². The van der Waals surface area contributed by atoms with Gasteiger partial charge in [-0.3, -0.25) is 0 Å². The number of fused-ring (bicyclic) bond motifs is 2. The third-order valence-electron chi connectivity index (χ3n) is 5.13. The second kappa shape index (κ2) is 5.68. The summed E-state index contributed by atoms with van der Waals surface area (Å²) in [6.45, 7) is 1.26. The van der Waals surface area contributed by atoms with E-state index >= 15 is 0 Å². The molecule has 8 nitrogen and oxygen atoms in total. The van der Waals surface area contributed by atoms with Gasteiger partial charge >= 0.3 is 0 Å². The summed E-state index contributed by atoms with van der Waals surface area (Å²) in [7, 11) is 0. The summed E-state index contributed by atoms with van der Waals surface area (Å²) in [6.07, 6.45) is 4.23. The average molecular weight is 370 g/mol. The van der Waals surface area contributed by atoms with Gasteiger partial charge in [-0.25, -0.2) is 28.7 Å². The summed E-state index contributed by atoms with van der Waals surface area (Å²) in [5, 5.41) is 0. The first-order chi connectivity index (χ1) is 13.0. The minimum Gasteiger partial charge on any atom is -0.354 e. The number of aromatic nitrogens is 6. The van der Waals surface area contributed by atoms with Gasteiger partial charge < -0.3 is 20.6 Å². The van der Waals surface area contributed by atoms with Gasteiger partial charge in [-0.2, -0.15) is 0 Å². The van der Waals surface area contributed by atoms with Crippen LogP contribution in [0.3, 0.4) is 0 Å². The number of rotatable bonds is 2. The molecule has 27 heavy (non-hydrogen) atoms. The number of aromatic amines is 2. The number of nitrogens with zero attached hydrogens (tertiary/aromatic N) is 5. The van der Waals surface area contributed by atoms with Crippen molar-refractivity contribution in [3.8, 4) is 0 Å². The number of nitrogens with two attached hydrogens (primary N) is 1. The van der Waals surface area contributed by atoms with E-state index < -0.39 is 17.2 Å². The average Bonchev–Trinajstić information content (AvgIpc) is 3.29. The van der Waals surface area contributed by atoms with Crippen LogP contribution < -0.4 is 10.6 Å². The fraction of sp³-hybridized carbons (Fsp3) is 0.294. The van der Waals surface area contributed by atoms with E-state index in [1.165, 1.54) is 12.4 Å². The Morgan fingerprint density at radius 3 is 2.74 bits per heavy atom. The third kappa shape index (κ3) is 2.52. The molecule has 4 heterocycles. The Hall–Kier alpha value is -3.14. The van der Waals surface area contributed by atoms with Crippen LogP contribution >= 0.6 is 0 Å². The minimum absolute atomic E-state index is 0.174. The maximum absolute atomic E-state index is 14.0. The first-order valence-electron chi connectivity index (χ1n) is 8.57. The molecule has 0 atom stereocenters. The number of hydrogen-bond acceptors (Lipinski definition) is 6. The van der Waals surface area contributed by atoms with Crippen LogP contribution in [0.4, 0.5) is 14.6 Å². The summed E-state index contributed by atoms with van der Waals surface area (Å²) in [5.41, 5.74) is 7.63. The van der Waals surface area contributed by atoms with Crippen LogP contribution in [-0.4, -0.2) is 43.0 Å². The van der Waals surface area contributed by atoms with Crippen molar-refractivity contribution in [2.24, 2.45) is 5.73 Å². The lowest BCUT2D eigenvalue weighted by Gasteiger charge is -2.38. The van der Waals surface area contributed by atoms with Gasteiger partial charge in [-0.1, -0.05) is 0 Å². The maximum Gasteiger partial charge on any atom is 0.162 e. The molecule has 0 amide bonds. The molecular weight excluding hydrogens is 354 g/mol. The highest BCUT2D eigenvalue weighted by Crippen LogP contribution is 2.33. The highest BCUT2D eigenvalue weighted by Gasteiger charge is 2.36. The molecule has 0 spiro atoms. The van der Waals surface area contributed by atoms with Gasteiger partial charge in [0.05, 0.1) is 17.4 Å². The fourth-order valence-corrected chi connectivity index (χ4v) is 3.61. The predicted molar refractivity (Wildman–Crippen MR) is 95.0 cm³/mol. The summed E-state index contributed by atoms with van der Waals surface area (Å²) in [4.78, 5) is 25.1. The molecule has 0 radical (unpaired) electrons. The number of benzene rings is 1. The molecule has 138 valence electrons. The Labute approximate surface area is 151 Å². The van der Waals surface area contributed by atoms with E-state index in [4.69, 9.17) is 5.73 Å². The Morgan fingerprint density at radius 1 is 1.11 bits per heavy atom. The second-order valence-electron chi connectivity index (χ2n) is 6.81. The zero-order valence-electron chi connectivity index (χ0n) is 14.2. The van der Waals surface area contributed by atoms with Crippen LogP contribution in [0.2, 0.25) is 0 Å². The number of piperidine rings is 1. The topological polar surface area (TPSA) is 112 Å². The SMILES string of the molecule is NC1(c2nc3cc(F)cc(F)c3[nH]2)CCN(c2ncnc3[nH]cnc23)CC1. The molecular formula is C17H16F2N8. The molecule has 1 fully saturated rings. The van der Waals surface area contributed by atoms with Gasteiger partial charge in [-0.15, -0.1) is 0 Å². The molecule has 1 aliphatic heterocycles. The third-order valence-corrected chi connectivity index (χ3v) is 5.13. The van der Waals surface area contributed by atoms with Crippen molar-refractivity contribution in [2.45, 2.75) is 18.4 Å². The Balaban J connectivity index is 1.44. The zero-order chi connectivity index (χ0) is 18.6. The molecule has 3 aromatic heterocycles. The quantitative estimate of drug-likeness (QED) is 0.497. The maximum atomic E-state index is 14.0. The number of H-pyrrole nitrogens is 2. The van der Waals surface area contributed by atoms with Gasteiger partial charge in [0.25, 0.3) is 0 Å². The van der Waals surface area contributed by atoms with Crippen molar-refractivity contribution in [1.29, 1.82) is 0 Å². The van der Waals surface area contributed by atoms with Crippen molar-refractivity contribution in [3.05, 3.63) is 42.2 Å². The summed E-state index contributed by atoms with van der Waals surface area (Å²) < 4.78 is 27.4. The van der Waals surface area contributed by atoms with Crippen molar-refractivity contribution >= 4 is 28.0 Å². The largest absolute Gasteiger partial charge is 0.354 e. The van der Waals surface area contributed by atoms with E-state index in [1.54, 1.807) is 6.33 Å². The smallest absolute Gasteiger partial charge is 0.162 e. The molecule has 1 aliphatic rings. The summed E-state index contributed by atoms with van der Waals surface area (Å²) in [6, 6.07) is 2.03. The van der Waals surface area contributed by atoms with Gasteiger partial charge in [0.1, 0.15) is 29.0 Å². The van der Waals surface area contributed by atoms with Crippen molar-refractivity contribution in [2.75, 3.05) is 18.0 Å². The molecule has 0 bridgehead atoms. The standard InChI is InChI=1S/C17H16F2N8/c18-9-5-10(19)12-11(6-9)25-16(26-12)17(20)1-3-27(4-2-17)15-13-14(22-7-21-13)23-8-24-15/h5-8H,1-4,20H2,(H,25,26)(H,21,22,23,24). The highest BCUT2D eigenvalue weighted by molar-refractivity contribution is 5.82. The van der Waals surface area contributed by atoms with Crippen LogP contribution in [-0.2, 0) is 5.54 Å². The lowest BCUT2D eigenvalue weighted by atomic mass is 9.88. The van der Waals surface area contributed by atoms with Crippen molar-refractivity contribution in [3.63, 3.8) is 0 Å². The number of imidazole rings is 2. The highest BCUT2D eigenvalue weighted by atomic mass is 19.1. The molecule has 1 aromatic carbocycles. The first-order valence-corrected chi connectivity index (χ1v) is 8.57. The normalized spacial score (nSPS) is 17.1. The van der Waals surface area contributed by atoms with Crippen LogP contribution in [0.1, 0.15) is 18.7 Å². The number of hydrogen-bond donors (Lipinski definition) is 3. The predicted octanol–water partition coefficient (Wildman–Crippen LogP) is 1.96. The Morgan fingerprint density at radius 2 is 1.93 bits per heavy atom. The number of nitrogens with one attached hydrogen (secondary N) is 2. The van der Waals surface area contributed by atoms with E-state index in [0.717, 1.165) is 11.9 Å². The van der Waals surface area contributed by atoms with Gasteiger partial charge in [-0.05, 0) is 12.8 Å². The molecule has 10 heteroatoms. The first kappa shape index (κ1) is 16.1. The number of anilines is 1.